The number of nitrogens with one attached hydrogen (secondary N) is 2. The molecule has 178 valence electrons. The zero-order chi connectivity index (χ0) is 24.4. The number of fused-ring (bicyclic) bond motifs is 1. The minimum atomic E-state index is -0.133. The molecule has 2 atom stereocenters. The molecular formula is C28H25Cl2N3O2. The summed E-state index contributed by atoms with van der Waals surface area (Å²) in [5, 5.41) is 5.04. The fourth-order valence-electron chi connectivity index (χ4n) is 4.83. The lowest BCUT2D eigenvalue weighted by atomic mass is 9.91. The van der Waals surface area contributed by atoms with Crippen LogP contribution in [0.3, 0.4) is 0 Å². The fraction of sp³-hybridized carbons (Fsp3) is 0.214. The van der Waals surface area contributed by atoms with Gasteiger partial charge in [-0.3, -0.25) is 9.59 Å². The molecule has 2 heterocycles. The van der Waals surface area contributed by atoms with Crippen molar-refractivity contribution in [1.29, 1.82) is 0 Å². The van der Waals surface area contributed by atoms with Crippen LogP contribution in [0, 0.1) is 0 Å². The molecule has 4 aromatic rings. The number of aromatic nitrogens is 1. The molecule has 0 saturated carbocycles. The highest BCUT2D eigenvalue weighted by Crippen LogP contribution is 2.26. The number of nitrogens with zero attached hydrogens (tertiary/aromatic N) is 1. The van der Waals surface area contributed by atoms with E-state index in [-0.39, 0.29) is 23.9 Å². The summed E-state index contributed by atoms with van der Waals surface area (Å²) in [4.78, 5) is 31.6. The van der Waals surface area contributed by atoms with Crippen molar-refractivity contribution in [3.63, 3.8) is 0 Å². The molecule has 5 rings (SSSR count). The van der Waals surface area contributed by atoms with Crippen LogP contribution in [0.4, 0.5) is 0 Å². The Labute approximate surface area is 214 Å². The first-order valence-corrected chi connectivity index (χ1v) is 12.4. The third-order valence-corrected chi connectivity index (χ3v) is 6.95. The van der Waals surface area contributed by atoms with E-state index in [1.807, 2.05) is 53.4 Å². The maximum atomic E-state index is 13.5. The van der Waals surface area contributed by atoms with Crippen LogP contribution >= 0.6 is 23.2 Å². The summed E-state index contributed by atoms with van der Waals surface area (Å²) in [6.45, 7) is 0.526. The Morgan fingerprint density at radius 2 is 1.66 bits per heavy atom. The minimum Gasteiger partial charge on any atom is -0.351 e. The summed E-state index contributed by atoms with van der Waals surface area (Å²) >= 11 is 12.3. The summed E-state index contributed by atoms with van der Waals surface area (Å²) in [7, 11) is 0. The number of carbonyl (C=O) groups excluding carboxylic acids is 2. The molecule has 2 amide bonds. The molecule has 0 unspecified atom stereocenters. The van der Waals surface area contributed by atoms with Crippen LogP contribution in [0.25, 0.3) is 10.9 Å². The first kappa shape index (κ1) is 23.5. The normalized spacial score (nSPS) is 17.9. The second-order valence-corrected chi connectivity index (χ2v) is 9.84. The molecule has 1 aliphatic rings. The number of piperidine rings is 1. The van der Waals surface area contributed by atoms with Crippen molar-refractivity contribution >= 4 is 45.9 Å². The second kappa shape index (κ2) is 10.1. The van der Waals surface area contributed by atoms with E-state index in [1.54, 1.807) is 18.2 Å². The number of hydrogen-bond acceptors (Lipinski definition) is 2. The van der Waals surface area contributed by atoms with Crippen molar-refractivity contribution < 1.29 is 9.59 Å². The molecule has 0 spiro atoms. The Morgan fingerprint density at radius 1 is 0.943 bits per heavy atom. The van der Waals surface area contributed by atoms with Gasteiger partial charge in [0.1, 0.15) is 5.69 Å². The van der Waals surface area contributed by atoms with E-state index >= 15 is 0 Å². The number of H-pyrrole nitrogens is 1. The number of para-hydroxylation sites is 1. The number of halogens is 2. The smallest absolute Gasteiger partial charge is 0.267 e. The highest BCUT2D eigenvalue weighted by molar-refractivity contribution is 6.35. The van der Waals surface area contributed by atoms with E-state index in [0.717, 1.165) is 16.5 Å². The van der Waals surface area contributed by atoms with Crippen LogP contribution in [-0.4, -0.2) is 40.3 Å². The molecule has 5 nitrogen and oxygen atoms in total. The summed E-state index contributed by atoms with van der Waals surface area (Å²) in [6.07, 6.45) is 2.01. The van der Waals surface area contributed by atoms with Crippen LogP contribution in [0.2, 0.25) is 10.0 Å². The number of likely N-dealkylation sites (tertiary alicyclic amines) is 1. The van der Waals surface area contributed by atoms with E-state index in [9.17, 15) is 9.59 Å². The van der Waals surface area contributed by atoms with Gasteiger partial charge in [-0.1, -0.05) is 71.7 Å². The average molecular weight is 506 g/mol. The van der Waals surface area contributed by atoms with Gasteiger partial charge in [0.25, 0.3) is 11.8 Å². The van der Waals surface area contributed by atoms with Crippen molar-refractivity contribution in [2.24, 2.45) is 0 Å². The molecule has 0 radical (unpaired) electrons. The van der Waals surface area contributed by atoms with E-state index in [0.29, 0.717) is 47.1 Å². The van der Waals surface area contributed by atoms with Crippen LogP contribution in [0.15, 0.2) is 78.9 Å². The van der Waals surface area contributed by atoms with Crippen molar-refractivity contribution in [1.82, 2.24) is 15.2 Å². The maximum Gasteiger partial charge on any atom is 0.267 e. The Morgan fingerprint density at radius 3 is 2.40 bits per heavy atom. The molecule has 1 fully saturated rings. The standard InChI is InChI=1S/C28H25Cl2N3O2/c29-21-13-20(14-22(30)16-21)28(35)33-11-10-23(17-24(33)12-18-6-2-1-3-7-18)31-27(34)26-15-19-8-4-5-9-25(19)32-26/h1-9,13-16,23-24,32H,10-12,17H2,(H,31,34)/t23-,24+/m0/s1. The lowest BCUT2D eigenvalue weighted by Gasteiger charge is -2.40. The van der Waals surface area contributed by atoms with Gasteiger partial charge in [0.15, 0.2) is 0 Å². The number of amides is 2. The zero-order valence-electron chi connectivity index (χ0n) is 19.0. The molecular weight excluding hydrogens is 481 g/mol. The van der Waals surface area contributed by atoms with Crippen molar-refractivity contribution in [3.8, 4) is 0 Å². The number of carbonyl (C=O) groups is 2. The van der Waals surface area contributed by atoms with Gasteiger partial charge in [-0.05, 0) is 55.2 Å². The third-order valence-electron chi connectivity index (χ3n) is 6.51. The monoisotopic (exact) mass is 505 g/mol. The van der Waals surface area contributed by atoms with Gasteiger partial charge in [-0.15, -0.1) is 0 Å². The summed E-state index contributed by atoms with van der Waals surface area (Å²) in [6, 6.07) is 24.6. The molecule has 35 heavy (non-hydrogen) atoms. The van der Waals surface area contributed by atoms with Gasteiger partial charge >= 0.3 is 0 Å². The number of benzene rings is 3. The summed E-state index contributed by atoms with van der Waals surface area (Å²) < 4.78 is 0. The van der Waals surface area contributed by atoms with Crippen LogP contribution < -0.4 is 5.32 Å². The number of hydrogen-bond donors (Lipinski definition) is 2. The maximum absolute atomic E-state index is 13.5. The van der Waals surface area contributed by atoms with Gasteiger partial charge in [-0.25, -0.2) is 0 Å². The average Bonchev–Trinajstić information content (AvgIpc) is 3.29. The van der Waals surface area contributed by atoms with Crippen LogP contribution in [-0.2, 0) is 6.42 Å². The molecule has 3 aromatic carbocycles. The number of aromatic amines is 1. The minimum absolute atomic E-state index is 0.0466. The molecule has 2 N–H and O–H groups in total. The van der Waals surface area contributed by atoms with E-state index in [1.165, 1.54) is 0 Å². The van der Waals surface area contributed by atoms with Gasteiger partial charge in [0.05, 0.1) is 0 Å². The van der Waals surface area contributed by atoms with Crippen LogP contribution in [0.5, 0.6) is 0 Å². The van der Waals surface area contributed by atoms with E-state index < -0.39 is 0 Å². The van der Waals surface area contributed by atoms with E-state index in [2.05, 4.69) is 22.4 Å². The topological polar surface area (TPSA) is 65.2 Å². The molecule has 0 bridgehead atoms. The lowest BCUT2D eigenvalue weighted by molar-refractivity contribution is 0.0570. The first-order valence-electron chi connectivity index (χ1n) is 11.7. The van der Waals surface area contributed by atoms with Crippen molar-refractivity contribution in [2.75, 3.05) is 6.54 Å². The lowest BCUT2D eigenvalue weighted by Crippen LogP contribution is -2.52. The van der Waals surface area contributed by atoms with E-state index in [4.69, 9.17) is 23.2 Å². The van der Waals surface area contributed by atoms with Crippen molar-refractivity contribution in [3.05, 3.63) is 106 Å². The Bertz CT molecular complexity index is 1320. The van der Waals surface area contributed by atoms with Gasteiger partial charge in [-0.2, -0.15) is 0 Å². The summed E-state index contributed by atoms with van der Waals surface area (Å²) in [5.41, 5.74) is 3.08. The van der Waals surface area contributed by atoms with Crippen LogP contribution in [0.1, 0.15) is 39.3 Å². The Balaban J connectivity index is 1.35. The molecule has 1 saturated heterocycles. The number of rotatable bonds is 5. The highest BCUT2D eigenvalue weighted by atomic mass is 35.5. The molecule has 0 aliphatic carbocycles. The SMILES string of the molecule is O=C(N[C@H]1CCN(C(=O)c2cc(Cl)cc(Cl)c2)[C@H](Cc2ccccc2)C1)c1cc2ccccc2[nH]1. The molecule has 1 aromatic heterocycles. The molecule has 7 heteroatoms. The zero-order valence-corrected chi connectivity index (χ0v) is 20.5. The molecule has 1 aliphatic heterocycles. The van der Waals surface area contributed by atoms with Gasteiger partial charge < -0.3 is 15.2 Å². The second-order valence-electron chi connectivity index (χ2n) is 8.97. The Kier molecular flexibility index (Phi) is 6.80. The van der Waals surface area contributed by atoms with Gasteiger partial charge in [0.2, 0.25) is 0 Å². The summed E-state index contributed by atoms with van der Waals surface area (Å²) in [5.74, 6) is -0.234. The third kappa shape index (κ3) is 5.37. The quantitative estimate of drug-likeness (QED) is 0.343. The fourth-order valence-corrected chi connectivity index (χ4v) is 5.36. The predicted octanol–water partition coefficient (Wildman–Crippen LogP) is 6.12. The van der Waals surface area contributed by atoms with Crippen molar-refractivity contribution in [2.45, 2.75) is 31.3 Å². The predicted molar refractivity (Wildman–Crippen MR) is 140 cm³/mol. The largest absolute Gasteiger partial charge is 0.351 e. The Hall–Kier alpha value is -3.28. The highest BCUT2D eigenvalue weighted by Gasteiger charge is 2.33. The first-order chi connectivity index (χ1) is 17.0. The van der Waals surface area contributed by atoms with Gasteiger partial charge in [0, 0.05) is 45.1 Å².